The van der Waals surface area contributed by atoms with Gasteiger partial charge >= 0.3 is 5.97 Å². The third-order valence-electron chi connectivity index (χ3n) is 2.11. The second-order valence-corrected chi connectivity index (χ2v) is 5.33. The van der Waals surface area contributed by atoms with Crippen molar-refractivity contribution in [2.24, 2.45) is 0 Å². The average Bonchev–Trinajstić information content (AvgIpc) is 2.27. The number of carboxylic acid groups (broad SMARTS) is 1. The summed E-state index contributed by atoms with van der Waals surface area (Å²) in [5, 5.41) is 16.8. The minimum Gasteiger partial charge on any atom is -0.481 e. The second kappa shape index (κ2) is 6.02. The number of aliphatic carboxylic acids is 1. The van der Waals surface area contributed by atoms with Crippen LogP contribution in [0.5, 0.6) is 0 Å². The first kappa shape index (κ1) is 14.0. The molecule has 0 atom stereocenters. The standard InChI is InChI=1S/C11H12N2O4S/c12-7-8-18(16,17)13-10-4-1-9(2-5-10)3-6-11(14)15/h1-2,4-5,13H,3,6,8H2,(H,14,15). The molecule has 0 unspecified atom stereocenters. The van der Waals surface area contributed by atoms with Crippen molar-refractivity contribution in [1.29, 1.82) is 5.26 Å². The van der Waals surface area contributed by atoms with E-state index >= 15 is 0 Å². The first-order valence-electron chi connectivity index (χ1n) is 5.11. The highest BCUT2D eigenvalue weighted by Gasteiger charge is 2.09. The molecule has 18 heavy (non-hydrogen) atoms. The Balaban J connectivity index is 2.66. The molecule has 0 amide bonds. The smallest absolute Gasteiger partial charge is 0.303 e. The van der Waals surface area contributed by atoms with Gasteiger partial charge in [-0.05, 0) is 24.1 Å². The normalized spacial score (nSPS) is 10.6. The summed E-state index contributed by atoms with van der Waals surface area (Å²) >= 11 is 0. The van der Waals surface area contributed by atoms with Gasteiger partial charge in [-0.1, -0.05) is 12.1 Å². The zero-order valence-corrected chi connectivity index (χ0v) is 10.3. The number of hydrogen-bond donors (Lipinski definition) is 2. The van der Waals surface area contributed by atoms with Gasteiger partial charge in [0.1, 0.15) is 0 Å². The molecule has 1 aromatic carbocycles. The summed E-state index contributed by atoms with van der Waals surface area (Å²) in [5.74, 6) is -1.48. The lowest BCUT2D eigenvalue weighted by Gasteiger charge is -2.05. The number of hydrogen-bond acceptors (Lipinski definition) is 4. The predicted molar refractivity (Wildman–Crippen MR) is 65.4 cm³/mol. The first-order chi connectivity index (χ1) is 8.43. The van der Waals surface area contributed by atoms with Gasteiger partial charge in [0, 0.05) is 12.1 Å². The summed E-state index contributed by atoms with van der Waals surface area (Å²) in [5.41, 5.74) is 1.16. The highest BCUT2D eigenvalue weighted by molar-refractivity contribution is 7.92. The number of anilines is 1. The highest BCUT2D eigenvalue weighted by atomic mass is 32.2. The summed E-state index contributed by atoms with van der Waals surface area (Å²) in [6.45, 7) is 0. The third kappa shape index (κ3) is 4.84. The average molecular weight is 268 g/mol. The van der Waals surface area contributed by atoms with E-state index in [-0.39, 0.29) is 6.42 Å². The van der Waals surface area contributed by atoms with E-state index in [2.05, 4.69) is 4.72 Å². The molecule has 0 spiro atoms. The summed E-state index contributed by atoms with van der Waals surface area (Å²) < 4.78 is 24.8. The van der Waals surface area contributed by atoms with Crippen LogP contribution in [-0.4, -0.2) is 25.2 Å². The second-order valence-electron chi connectivity index (χ2n) is 3.61. The Hall–Kier alpha value is -2.07. The zero-order valence-electron chi connectivity index (χ0n) is 9.46. The van der Waals surface area contributed by atoms with Crippen LogP contribution in [-0.2, 0) is 21.2 Å². The molecule has 1 aromatic rings. The summed E-state index contributed by atoms with van der Waals surface area (Å²) in [6, 6.07) is 7.92. The van der Waals surface area contributed by atoms with Gasteiger partial charge in [-0.25, -0.2) is 8.42 Å². The minimum atomic E-state index is -3.63. The van der Waals surface area contributed by atoms with Crippen molar-refractivity contribution < 1.29 is 18.3 Å². The van der Waals surface area contributed by atoms with E-state index < -0.39 is 21.7 Å². The number of carboxylic acids is 1. The fourth-order valence-electron chi connectivity index (χ4n) is 1.29. The fraction of sp³-hybridized carbons (Fsp3) is 0.273. The summed E-state index contributed by atoms with van der Waals surface area (Å²) in [6.07, 6.45) is 0.417. The molecule has 1 rings (SSSR count). The molecule has 0 heterocycles. The molecule has 2 N–H and O–H groups in total. The monoisotopic (exact) mass is 268 g/mol. The molecule has 7 heteroatoms. The number of carbonyl (C=O) groups is 1. The Morgan fingerprint density at radius 2 is 1.94 bits per heavy atom. The van der Waals surface area contributed by atoms with Crippen LogP contribution in [0.1, 0.15) is 12.0 Å². The number of benzene rings is 1. The lowest BCUT2D eigenvalue weighted by molar-refractivity contribution is -0.136. The van der Waals surface area contributed by atoms with E-state index in [0.717, 1.165) is 5.56 Å². The van der Waals surface area contributed by atoms with Crippen molar-refractivity contribution in [3.05, 3.63) is 29.8 Å². The molecule has 0 saturated carbocycles. The molecule has 96 valence electrons. The van der Waals surface area contributed by atoms with Crippen LogP contribution in [0.4, 0.5) is 5.69 Å². The molecule has 6 nitrogen and oxygen atoms in total. The number of aryl methyl sites for hydroxylation is 1. The van der Waals surface area contributed by atoms with Crippen LogP contribution in [0, 0.1) is 11.3 Å². The molecule has 0 aliphatic carbocycles. The van der Waals surface area contributed by atoms with Crippen LogP contribution in [0.15, 0.2) is 24.3 Å². The van der Waals surface area contributed by atoms with E-state index in [1.165, 1.54) is 12.1 Å². The van der Waals surface area contributed by atoms with Gasteiger partial charge < -0.3 is 5.11 Å². The Morgan fingerprint density at radius 1 is 1.33 bits per heavy atom. The molecule has 0 saturated heterocycles. The van der Waals surface area contributed by atoms with E-state index in [4.69, 9.17) is 10.4 Å². The zero-order chi connectivity index (χ0) is 13.6. The lowest BCUT2D eigenvalue weighted by Crippen LogP contribution is -2.15. The van der Waals surface area contributed by atoms with E-state index in [0.29, 0.717) is 12.1 Å². The molecule has 0 fully saturated rings. The Bertz CT molecular complexity index is 558. The minimum absolute atomic E-state index is 0.0273. The van der Waals surface area contributed by atoms with Crippen LogP contribution in [0.25, 0.3) is 0 Å². The predicted octanol–water partition coefficient (Wildman–Crippen LogP) is 0.969. The van der Waals surface area contributed by atoms with Crippen molar-refractivity contribution in [3.63, 3.8) is 0 Å². The molecule has 0 aromatic heterocycles. The van der Waals surface area contributed by atoms with Gasteiger partial charge in [0.15, 0.2) is 5.75 Å². The Labute approximate surface area is 105 Å². The lowest BCUT2D eigenvalue weighted by atomic mass is 10.1. The van der Waals surface area contributed by atoms with Gasteiger partial charge in [0.2, 0.25) is 10.0 Å². The Kier molecular flexibility index (Phi) is 4.68. The highest BCUT2D eigenvalue weighted by Crippen LogP contribution is 2.12. The fourth-order valence-corrected chi connectivity index (χ4v) is 2.03. The number of nitrogens with zero attached hydrogens (tertiary/aromatic N) is 1. The number of nitriles is 1. The molecule has 0 aliphatic heterocycles. The van der Waals surface area contributed by atoms with Crippen molar-refractivity contribution in [2.45, 2.75) is 12.8 Å². The van der Waals surface area contributed by atoms with Crippen molar-refractivity contribution in [2.75, 3.05) is 10.5 Å². The van der Waals surface area contributed by atoms with Gasteiger partial charge in [0.05, 0.1) is 6.07 Å². The number of nitrogens with one attached hydrogen (secondary N) is 1. The maximum Gasteiger partial charge on any atom is 0.303 e. The maximum absolute atomic E-state index is 11.3. The van der Waals surface area contributed by atoms with Crippen LogP contribution in [0.2, 0.25) is 0 Å². The van der Waals surface area contributed by atoms with E-state index in [1.807, 2.05) is 0 Å². The number of rotatable bonds is 6. The largest absolute Gasteiger partial charge is 0.481 e. The van der Waals surface area contributed by atoms with Crippen LogP contribution >= 0.6 is 0 Å². The van der Waals surface area contributed by atoms with Crippen LogP contribution < -0.4 is 4.72 Å². The molecule has 0 radical (unpaired) electrons. The molecule has 0 bridgehead atoms. The van der Waals surface area contributed by atoms with Crippen molar-refractivity contribution in [3.8, 4) is 6.07 Å². The van der Waals surface area contributed by atoms with Crippen LogP contribution in [0.3, 0.4) is 0 Å². The van der Waals surface area contributed by atoms with E-state index in [9.17, 15) is 13.2 Å². The molecular formula is C11H12N2O4S. The SMILES string of the molecule is N#CCS(=O)(=O)Nc1ccc(CCC(=O)O)cc1. The number of sulfonamides is 1. The maximum atomic E-state index is 11.3. The van der Waals surface area contributed by atoms with Gasteiger partial charge in [-0.2, -0.15) is 5.26 Å². The molecular weight excluding hydrogens is 256 g/mol. The van der Waals surface area contributed by atoms with Crippen molar-refractivity contribution >= 4 is 21.7 Å². The quantitative estimate of drug-likeness (QED) is 0.799. The Morgan fingerprint density at radius 3 is 2.44 bits per heavy atom. The van der Waals surface area contributed by atoms with Gasteiger partial charge in [-0.15, -0.1) is 0 Å². The summed E-state index contributed by atoms with van der Waals surface area (Å²) in [4.78, 5) is 10.4. The van der Waals surface area contributed by atoms with E-state index in [1.54, 1.807) is 18.2 Å². The molecule has 0 aliphatic rings. The van der Waals surface area contributed by atoms with Crippen molar-refractivity contribution in [1.82, 2.24) is 0 Å². The van der Waals surface area contributed by atoms with Gasteiger partial charge in [-0.3, -0.25) is 9.52 Å². The van der Waals surface area contributed by atoms with Gasteiger partial charge in [0.25, 0.3) is 0 Å². The first-order valence-corrected chi connectivity index (χ1v) is 6.76. The third-order valence-corrected chi connectivity index (χ3v) is 3.17. The topological polar surface area (TPSA) is 107 Å². The summed E-state index contributed by atoms with van der Waals surface area (Å²) in [7, 11) is -3.63.